The van der Waals surface area contributed by atoms with E-state index in [2.05, 4.69) is 35.9 Å². The molecule has 2 radical (unpaired) electrons. The fourth-order valence-corrected chi connectivity index (χ4v) is 2.29. The Hall–Kier alpha value is 0.558. The molecule has 0 aliphatic rings. The maximum Gasteiger partial charge on any atom is 2.00 e. The molecule has 4 heteroatoms. The van der Waals surface area contributed by atoms with E-state index in [4.69, 9.17) is 17.4 Å². The molecular formula is C12H20OSSeSn. The second-order valence-electron chi connectivity index (χ2n) is 3.17. The second-order valence-corrected chi connectivity index (χ2v) is 4.43. The van der Waals surface area contributed by atoms with Gasteiger partial charge in [-0.1, -0.05) is 14.9 Å². The molecule has 0 heterocycles. The van der Waals surface area contributed by atoms with Crippen LogP contribution in [0.2, 0.25) is 0 Å². The summed E-state index contributed by atoms with van der Waals surface area (Å²) in [6.07, 6.45) is 0. The van der Waals surface area contributed by atoms with Gasteiger partial charge in [-0.05, 0) is 0 Å². The Kier molecular flexibility index (Phi) is 13.0. The number of rotatable bonds is 2. The first kappa shape index (κ1) is 21.8. The zero-order valence-corrected chi connectivity index (χ0v) is 13.8. The molecule has 1 aromatic carbocycles. The fraction of sp³-hybridized carbons (Fsp3) is 0.500. The van der Waals surface area contributed by atoms with Gasteiger partial charge < -0.3 is 0 Å². The van der Waals surface area contributed by atoms with Crippen molar-refractivity contribution >= 4 is 57.0 Å². The number of hydrogen-bond acceptors (Lipinski definition) is 2. The maximum atomic E-state index is 5.24. The molecule has 0 bridgehead atoms. The van der Waals surface area contributed by atoms with Crippen LogP contribution < -0.4 is 9.20 Å². The molecule has 0 unspecified atom stereocenters. The molecule has 16 heavy (non-hydrogen) atoms. The van der Waals surface area contributed by atoms with E-state index in [1.807, 2.05) is 6.07 Å². The molecule has 90 valence electrons. The largest absolute Gasteiger partial charge is 2.00 e. The zero-order chi connectivity index (χ0) is 10.0. The first-order chi connectivity index (χ1) is 6.07. The van der Waals surface area contributed by atoms with Crippen molar-refractivity contribution in [2.75, 3.05) is 7.11 Å². The van der Waals surface area contributed by atoms with Crippen molar-refractivity contribution in [1.82, 2.24) is 0 Å². The van der Waals surface area contributed by atoms with Crippen molar-refractivity contribution in [3.8, 4) is 5.75 Å². The summed E-state index contributed by atoms with van der Waals surface area (Å²) < 4.78 is 6.18. The van der Waals surface area contributed by atoms with E-state index in [0.29, 0.717) is 5.92 Å². The Balaban J connectivity index is -0.000000563. The summed E-state index contributed by atoms with van der Waals surface area (Å²) in [5.74, 6) is 1.26. The van der Waals surface area contributed by atoms with Gasteiger partial charge in [-0.25, -0.2) is 0 Å². The van der Waals surface area contributed by atoms with Crippen molar-refractivity contribution in [3.63, 3.8) is 0 Å². The third-order valence-electron chi connectivity index (χ3n) is 1.95. The molecule has 0 fully saturated rings. The Bertz CT molecular complexity index is 316. The van der Waals surface area contributed by atoms with E-state index in [9.17, 15) is 0 Å². The predicted octanol–water partition coefficient (Wildman–Crippen LogP) is 2.41. The summed E-state index contributed by atoms with van der Waals surface area (Å²) in [5.41, 5.74) is 1.26. The molecule has 0 aliphatic heterocycles. The zero-order valence-electron chi connectivity index (χ0n) is 8.46. The molecule has 0 saturated carbocycles. The average Bonchev–Trinajstić information content (AvgIpc) is 2.09. The van der Waals surface area contributed by atoms with Crippen molar-refractivity contribution < 1.29 is 4.74 Å². The number of benzene rings is 1. The number of hydrogen-bond donors (Lipinski definition) is 0. The van der Waals surface area contributed by atoms with Crippen LogP contribution in [0.25, 0.3) is 0 Å². The van der Waals surface area contributed by atoms with Gasteiger partial charge in [-0.15, -0.1) is 0 Å². The molecular weight excluding hydrogens is 390 g/mol. The molecule has 0 aromatic heterocycles. The topological polar surface area (TPSA) is 9.23 Å². The predicted molar refractivity (Wildman–Crippen MR) is 77.3 cm³/mol. The van der Waals surface area contributed by atoms with E-state index >= 15 is 0 Å². The Labute approximate surface area is 131 Å². The van der Waals surface area contributed by atoms with Crippen LogP contribution in [0.15, 0.2) is 17.0 Å². The minimum atomic E-state index is 0. The van der Waals surface area contributed by atoms with Crippen LogP contribution in [-0.4, -0.2) is 47.0 Å². The first-order valence-electron chi connectivity index (χ1n) is 4.12. The quantitative estimate of drug-likeness (QED) is 0.548. The number of ether oxygens (including phenoxy) is 1. The number of methoxy groups -OCH3 is 1. The van der Waals surface area contributed by atoms with Gasteiger partial charge in [0.05, 0.1) is 0 Å². The van der Waals surface area contributed by atoms with E-state index < -0.39 is 0 Å². The Morgan fingerprint density at radius 1 is 1.25 bits per heavy atom. The second kappa shape index (κ2) is 9.57. The smallest absolute Gasteiger partial charge is 2.00 e. The van der Waals surface area contributed by atoms with Crippen molar-refractivity contribution in [3.05, 3.63) is 17.7 Å². The first-order valence-corrected chi connectivity index (χ1v) is 5.39. The molecule has 0 spiro atoms. The van der Waals surface area contributed by atoms with Gasteiger partial charge in [0.2, 0.25) is 0 Å². The van der Waals surface area contributed by atoms with Crippen LogP contribution in [0.1, 0.15) is 40.2 Å². The summed E-state index contributed by atoms with van der Waals surface area (Å²) in [6.45, 7) is 4.30. The van der Waals surface area contributed by atoms with Crippen LogP contribution in [0.3, 0.4) is 0 Å². The monoisotopic (exact) mass is 412 g/mol. The van der Waals surface area contributed by atoms with E-state index in [-0.39, 0.29) is 38.8 Å². The van der Waals surface area contributed by atoms with Crippen LogP contribution in [-0.2, 0) is 12.6 Å². The van der Waals surface area contributed by atoms with Gasteiger partial charge in [0.25, 0.3) is 0 Å². The summed E-state index contributed by atoms with van der Waals surface area (Å²) >= 11 is 8.25. The van der Waals surface area contributed by atoms with Crippen LogP contribution >= 0.6 is 0 Å². The van der Waals surface area contributed by atoms with Crippen LogP contribution in [0.4, 0.5) is 0 Å². The average molecular weight is 410 g/mol. The van der Waals surface area contributed by atoms with Crippen molar-refractivity contribution in [2.24, 2.45) is 0 Å². The van der Waals surface area contributed by atoms with Crippen molar-refractivity contribution in [1.29, 1.82) is 0 Å². The van der Waals surface area contributed by atoms with Gasteiger partial charge in [0.15, 0.2) is 0 Å². The fourth-order valence-electron chi connectivity index (χ4n) is 1.18. The van der Waals surface area contributed by atoms with Gasteiger partial charge in [0.1, 0.15) is 0 Å². The normalized spacial score (nSPS) is 8.50. The van der Waals surface area contributed by atoms with Gasteiger partial charge in [-0.3, -0.25) is 0 Å². The van der Waals surface area contributed by atoms with Crippen molar-refractivity contribution in [2.45, 2.75) is 39.5 Å². The summed E-state index contributed by atoms with van der Waals surface area (Å²) in [7, 11) is 1.64. The third-order valence-corrected chi connectivity index (χ3v) is 3.57. The molecule has 0 atom stereocenters. The van der Waals surface area contributed by atoms with Gasteiger partial charge in [-0.2, -0.15) is 0 Å². The van der Waals surface area contributed by atoms with Gasteiger partial charge >= 0.3 is 117 Å². The maximum absolute atomic E-state index is 5.24. The van der Waals surface area contributed by atoms with Crippen LogP contribution in [0, 0.1) is 0 Å². The standard InChI is InChI=1S/C10H14OSSe.2CH4.Sn/c1-6(2)7-4-5-8(11-3)9(12)10(7)13;;;/h4-6,12-13H,1-3H3;2*1H4;/q;;;+2/p-2. The molecule has 1 aromatic rings. The van der Waals surface area contributed by atoms with E-state index in [1.165, 1.54) is 5.56 Å². The Morgan fingerprint density at radius 2 is 1.75 bits per heavy atom. The summed E-state index contributed by atoms with van der Waals surface area (Å²) in [6, 6.07) is 3.99. The SMILES string of the molecule is C.C.COc1ccc(C(C)C)c([Se-])c1[S-].[Sn+2]. The molecule has 0 amide bonds. The van der Waals surface area contributed by atoms with Crippen LogP contribution in [0.5, 0.6) is 5.75 Å². The van der Waals surface area contributed by atoms with E-state index in [1.54, 1.807) is 7.11 Å². The van der Waals surface area contributed by atoms with E-state index in [0.717, 1.165) is 15.1 Å². The summed E-state index contributed by atoms with van der Waals surface area (Å²) in [5, 5.41) is 0. The van der Waals surface area contributed by atoms with Gasteiger partial charge in [0, 0.05) is 0 Å². The molecule has 1 rings (SSSR count). The minimum Gasteiger partial charge on any atom is 2.00 e. The Morgan fingerprint density at radius 3 is 2.12 bits per heavy atom. The molecule has 1 nitrogen and oxygen atoms in total. The molecule has 0 aliphatic carbocycles. The molecule has 0 N–H and O–H groups in total. The summed E-state index contributed by atoms with van der Waals surface area (Å²) in [4.78, 5) is 0.786. The third kappa shape index (κ3) is 4.82. The molecule has 0 saturated heterocycles. The minimum absolute atomic E-state index is 0.